The molecule has 0 atom stereocenters. The van der Waals surface area contributed by atoms with E-state index in [4.69, 9.17) is 4.74 Å². The van der Waals surface area contributed by atoms with Crippen molar-refractivity contribution in [1.29, 1.82) is 0 Å². The van der Waals surface area contributed by atoms with Gasteiger partial charge < -0.3 is 10.1 Å². The van der Waals surface area contributed by atoms with Crippen LogP contribution in [0.3, 0.4) is 0 Å². The number of anilines is 1. The number of carbonyl (C=O) groups excluding carboxylic acids is 2. The summed E-state index contributed by atoms with van der Waals surface area (Å²) in [5.41, 5.74) is 2.69. The first-order valence-corrected chi connectivity index (χ1v) is 10.7. The molecule has 2 aromatic carbocycles. The van der Waals surface area contributed by atoms with Gasteiger partial charge in [-0.15, -0.1) is 11.3 Å². The average Bonchev–Trinajstić information content (AvgIpc) is 3.09. The summed E-state index contributed by atoms with van der Waals surface area (Å²) in [5, 5.41) is 3.45. The third kappa shape index (κ3) is 6.27. The Bertz CT molecular complexity index is 929. The molecule has 0 aliphatic rings. The van der Waals surface area contributed by atoms with Crippen molar-refractivity contribution >= 4 is 28.2 Å². The van der Waals surface area contributed by atoms with Gasteiger partial charge in [-0.3, -0.25) is 9.69 Å². The van der Waals surface area contributed by atoms with E-state index < -0.39 is 5.97 Å². The van der Waals surface area contributed by atoms with Crippen molar-refractivity contribution in [3.8, 4) is 0 Å². The molecule has 6 heteroatoms. The normalized spacial score (nSPS) is 10.8. The molecule has 3 rings (SSSR count). The first-order chi connectivity index (χ1) is 14.5. The van der Waals surface area contributed by atoms with Gasteiger partial charge in [0.25, 0.3) is 0 Å². The van der Waals surface area contributed by atoms with Crippen molar-refractivity contribution in [2.45, 2.75) is 26.9 Å². The summed E-state index contributed by atoms with van der Waals surface area (Å²) in [4.78, 5) is 28.1. The Morgan fingerprint density at radius 2 is 1.53 bits per heavy atom. The zero-order valence-corrected chi connectivity index (χ0v) is 18.1. The summed E-state index contributed by atoms with van der Waals surface area (Å²) in [6.45, 7) is 5.47. The molecule has 0 spiro atoms. The Balaban J connectivity index is 1.72. The highest BCUT2D eigenvalue weighted by atomic mass is 32.1. The number of benzene rings is 2. The van der Waals surface area contributed by atoms with Crippen molar-refractivity contribution < 1.29 is 14.3 Å². The molecule has 0 saturated heterocycles. The van der Waals surface area contributed by atoms with E-state index >= 15 is 0 Å². The van der Waals surface area contributed by atoms with Crippen LogP contribution >= 0.6 is 11.3 Å². The molecule has 0 unspecified atom stereocenters. The van der Waals surface area contributed by atoms with Gasteiger partial charge in [-0.25, -0.2) is 4.79 Å². The fraction of sp³-hybridized carbons (Fsp3) is 0.250. The van der Waals surface area contributed by atoms with Crippen LogP contribution in [0.1, 0.15) is 33.3 Å². The number of thiophene rings is 1. The predicted octanol–water partition coefficient (Wildman–Crippen LogP) is 4.87. The second kappa shape index (κ2) is 10.7. The number of hydrogen-bond acceptors (Lipinski definition) is 5. The zero-order valence-electron chi connectivity index (χ0n) is 17.3. The molecule has 1 aromatic heterocycles. The Kier molecular flexibility index (Phi) is 7.76. The minimum Gasteiger partial charge on any atom is -0.462 e. The van der Waals surface area contributed by atoms with Gasteiger partial charge in [-0.1, -0.05) is 60.7 Å². The Morgan fingerprint density at radius 3 is 2.07 bits per heavy atom. The molecule has 0 aliphatic carbocycles. The number of hydrogen-bond donors (Lipinski definition) is 1. The molecule has 0 saturated carbocycles. The van der Waals surface area contributed by atoms with Crippen LogP contribution in [0, 0.1) is 6.92 Å². The number of nitrogens with zero attached hydrogens (tertiary/aromatic N) is 1. The molecule has 30 heavy (non-hydrogen) atoms. The Hall–Kier alpha value is -2.96. The summed E-state index contributed by atoms with van der Waals surface area (Å²) in [6, 6.07) is 21.9. The number of carbonyl (C=O) groups is 2. The molecular weight excluding hydrogens is 396 g/mol. The largest absolute Gasteiger partial charge is 0.462 e. The molecule has 156 valence electrons. The molecule has 5 nitrogen and oxygen atoms in total. The van der Waals surface area contributed by atoms with Crippen LogP contribution in [-0.4, -0.2) is 29.9 Å². The lowest BCUT2D eigenvalue weighted by atomic mass is 10.1. The molecule has 3 aromatic rings. The van der Waals surface area contributed by atoms with Crippen LogP contribution in [-0.2, 0) is 22.6 Å². The molecule has 1 N–H and O–H groups in total. The molecule has 0 radical (unpaired) electrons. The van der Waals surface area contributed by atoms with E-state index in [1.165, 1.54) is 11.3 Å². The molecule has 0 bridgehead atoms. The molecule has 1 amide bonds. The Labute approximate surface area is 181 Å². The van der Waals surface area contributed by atoms with E-state index in [0.717, 1.165) is 16.0 Å². The van der Waals surface area contributed by atoms with Crippen molar-refractivity contribution in [3.05, 3.63) is 88.3 Å². The smallest absolute Gasteiger partial charge is 0.341 e. The minimum absolute atomic E-state index is 0.158. The standard InChI is InChI=1S/C24H26N2O3S/c1-3-29-24(28)21-14-18(2)30-23(21)25-22(27)17-26(15-19-10-6-4-7-11-19)16-20-12-8-5-9-13-20/h4-14H,3,15-17H2,1-2H3,(H,25,27). The van der Waals surface area contributed by atoms with Gasteiger partial charge >= 0.3 is 5.97 Å². The summed E-state index contributed by atoms with van der Waals surface area (Å²) in [5.74, 6) is -0.572. The molecular formula is C24H26N2O3S. The van der Waals surface area contributed by atoms with Crippen molar-refractivity contribution in [3.63, 3.8) is 0 Å². The van der Waals surface area contributed by atoms with E-state index in [1.807, 2.05) is 43.3 Å². The van der Waals surface area contributed by atoms with E-state index in [0.29, 0.717) is 30.3 Å². The summed E-state index contributed by atoms with van der Waals surface area (Å²) in [6.07, 6.45) is 0. The fourth-order valence-corrected chi connectivity index (χ4v) is 4.10. The topological polar surface area (TPSA) is 58.6 Å². The minimum atomic E-state index is -0.414. The van der Waals surface area contributed by atoms with E-state index in [9.17, 15) is 9.59 Å². The maximum Gasteiger partial charge on any atom is 0.341 e. The predicted molar refractivity (Wildman–Crippen MR) is 121 cm³/mol. The van der Waals surface area contributed by atoms with Crippen LogP contribution in [0.5, 0.6) is 0 Å². The molecule has 0 fully saturated rings. The number of amides is 1. The van der Waals surface area contributed by atoms with Crippen molar-refractivity contribution in [2.75, 3.05) is 18.5 Å². The van der Waals surface area contributed by atoms with E-state index in [-0.39, 0.29) is 12.5 Å². The highest BCUT2D eigenvalue weighted by molar-refractivity contribution is 7.16. The summed E-state index contributed by atoms with van der Waals surface area (Å²) < 4.78 is 5.11. The fourth-order valence-electron chi connectivity index (χ4n) is 3.19. The number of esters is 1. The van der Waals surface area contributed by atoms with Gasteiger partial charge in [0.05, 0.1) is 18.7 Å². The second-order valence-corrected chi connectivity index (χ2v) is 8.24. The highest BCUT2D eigenvalue weighted by Crippen LogP contribution is 2.28. The number of aryl methyl sites for hydroxylation is 1. The summed E-state index contributed by atoms with van der Waals surface area (Å²) in [7, 11) is 0. The third-order valence-corrected chi connectivity index (χ3v) is 5.43. The van der Waals surface area contributed by atoms with E-state index in [1.54, 1.807) is 13.0 Å². The zero-order chi connectivity index (χ0) is 21.3. The van der Waals surface area contributed by atoms with Crippen LogP contribution in [0.25, 0.3) is 0 Å². The van der Waals surface area contributed by atoms with Gasteiger partial charge in [0.1, 0.15) is 5.00 Å². The lowest BCUT2D eigenvalue weighted by Gasteiger charge is -2.22. The van der Waals surface area contributed by atoms with E-state index in [2.05, 4.69) is 34.5 Å². The maximum atomic E-state index is 12.8. The lowest BCUT2D eigenvalue weighted by molar-refractivity contribution is -0.117. The van der Waals surface area contributed by atoms with Gasteiger partial charge in [0.2, 0.25) is 5.91 Å². The number of nitrogens with one attached hydrogen (secondary N) is 1. The highest BCUT2D eigenvalue weighted by Gasteiger charge is 2.19. The first kappa shape index (κ1) is 21.7. The van der Waals surface area contributed by atoms with Gasteiger partial charge in [0, 0.05) is 18.0 Å². The van der Waals surface area contributed by atoms with Crippen molar-refractivity contribution in [2.24, 2.45) is 0 Å². The van der Waals surface area contributed by atoms with Crippen LogP contribution < -0.4 is 5.32 Å². The molecule has 0 aliphatic heterocycles. The quantitative estimate of drug-likeness (QED) is 0.500. The van der Waals surface area contributed by atoms with Crippen LogP contribution in [0.15, 0.2) is 66.7 Å². The maximum absolute atomic E-state index is 12.8. The second-order valence-electron chi connectivity index (χ2n) is 6.98. The van der Waals surface area contributed by atoms with Gasteiger partial charge in [-0.2, -0.15) is 0 Å². The lowest BCUT2D eigenvalue weighted by Crippen LogP contribution is -2.32. The third-order valence-electron chi connectivity index (χ3n) is 4.47. The van der Waals surface area contributed by atoms with Crippen molar-refractivity contribution in [1.82, 2.24) is 4.90 Å². The summed E-state index contributed by atoms with van der Waals surface area (Å²) >= 11 is 1.38. The SMILES string of the molecule is CCOC(=O)c1cc(C)sc1NC(=O)CN(Cc1ccccc1)Cc1ccccc1. The van der Waals surface area contributed by atoms with Gasteiger partial charge in [-0.05, 0) is 31.0 Å². The number of rotatable bonds is 9. The Morgan fingerprint density at radius 1 is 0.967 bits per heavy atom. The number of ether oxygens (including phenoxy) is 1. The van der Waals surface area contributed by atoms with Gasteiger partial charge in [0.15, 0.2) is 0 Å². The first-order valence-electron chi connectivity index (χ1n) is 9.92. The monoisotopic (exact) mass is 422 g/mol. The van der Waals surface area contributed by atoms with Crippen LogP contribution in [0.4, 0.5) is 5.00 Å². The molecule has 1 heterocycles. The van der Waals surface area contributed by atoms with Crippen LogP contribution in [0.2, 0.25) is 0 Å². The average molecular weight is 423 g/mol.